The maximum absolute atomic E-state index is 9.81. The van der Waals surface area contributed by atoms with Crippen molar-refractivity contribution in [1.29, 1.82) is 0 Å². The summed E-state index contributed by atoms with van der Waals surface area (Å²) in [5.74, 6) is 0.341. The van der Waals surface area contributed by atoms with E-state index in [1.807, 2.05) is 18.2 Å². The zero-order valence-corrected chi connectivity index (χ0v) is 14.2. The molecule has 0 radical (unpaired) electrons. The number of aromatic nitrogens is 1. The van der Waals surface area contributed by atoms with E-state index in [-0.39, 0.29) is 11.5 Å². The fourth-order valence-electron chi connectivity index (χ4n) is 2.15. The van der Waals surface area contributed by atoms with Gasteiger partial charge in [-0.1, -0.05) is 39.0 Å². The predicted molar refractivity (Wildman–Crippen MR) is 88.9 cm³/mol. The number of nitrogens with one attached hydrogen (secondary N) is 1. The van der Waals surface area contributed by atoms with E-state index in [4.69, 9.17) is 4.98 Å². The molecule has 0 saturated carbocycles. The number of aromatic hydroxyl groups is 1. The van der Waals surface area contributed by atoms with Gasteiger partial charge in [-0.15, -0.1) is 11.3 Å². The van der Waals surface area contributed by atoms with Gasteiger partial charge in [-0.05, 0) is 19.9 Å². The summed E-state index contributed by atoms with van der Waals surface area (Å²) in [5, 5.41) is 14.5. The Balaban J connectivity index is 2.09. The highest BCUT2D eigenvalue weighted by atomic mass is 32.1. The summed E-state index contributed by atoms with van der Waals surface area (Å²) >= 11 is 1.78. The van der Waals surface area contributed by atoms with Crippen LogP contribution in [0.25, 0.3) is 0 Å². The number of benzene rings is 1. The molecule has 2 rings (SSSR count). The van der Waals surface area contributed by atoms with Gasteiger partial charge in [0.15, 0.2) is 0 Å². The van der Waals surface area contributed by atoms with Crippen molar-refractivity contribution in [2.45, 2.75) is 52.6 Å². The Morgan fingerprint density at radius 3 is 2.52 bits per heavy atom. The van der Waals surface area contributed by atoms with E-state index < -0.39 is 0 Å². The monoisotopic (exact) mass is 304 g/mol. The van der Waals surface area contributed by atoms with Crippen molar-refractivity contribution in [2.75, 3.05) is 0 Å². The highest BCUT2D eigenvalue weighted by molar-refractivity contribution is 7.12. The fraction of sp³-hybridized carbons (Fsp3) is 0.471. The highest BCUT2D eigenvalue weighted by Gasteiger charge is 2.22. The smallest absolute Gasteiger partial charge is 0.120 e. The Morgan fingerprint density at radius 1 is 1.29 bits per heavy atom. The molecule has 4 heteroatoms. The molecular weight excluding hydrogens is 280 g/mol. The molecule has 0 saturated heterocycles. The van der Waals surface area contributed by atoms with Crippen molar-refractivity contribution in [3.05, 3.63) is 45.4 Å². The third-order valence-corrected chi connectivity index (χ3v) is 5.22. The first kappa shape index (κ1) is 16.0. The maximum atomic E-state index is 9.81. The molecule has 1 unspecified atom stereocenters. The number of aryl methyl sites for hydroxylation is 1. The molecule has 0 bridgehead atoms. The number of hydrogen-bond acceptors (Lipinski definition) is 4. The van der Waals surface area contributed by atoms with Crippen molar-refractivity contribution in [2.24, 2.45) is 0 Å². The van der Waals surface area contributed by atoms with Gasteiger partial charge in [-0.2, -0.15) is 0 Å². The number of nitrogens with zero attached hydrogens (tertiary/aromatic N) is 1. The zero-order valence-electron chi connectivity index (χ0n) is 13.4. The van der Waals surface area contributed by atoms with E-state index in [0.717, 1.165) is 11.3 Å². The molecule has 114 valence electrons. The third-order valence-electron chi connectivity index (χ3n) is 3.46. The van der Waals surface area contributed by atoms with Crippen LogP contribution in [0.2, 0.25) is 0 Å². The van der Waals surface area contributed by atoms with Crippen LogP contribution < -0.4 is 5.32 Å². The number of rotatable bonds is 4. The number of thiazole rings is 1. The molecule has 21 heavy (non-hydrogen) atoms. The van der Waals surface area contributed by atoms with Gasteiger partial charge in [-0.3, -0.25) is 0 Å². The van der Waals surface area contributed by atoms with E-state index in [0.29, 0.717) is 12.3 Å². The van der Waals surface area contributed by atoms with Crippen molar-refractivity contribution in [1.82, 2.24) is 10.3 Å². The van der Waals surface area contributed by atoms with E-state index in [2.05, 4.69) is 39.9 Å². The largest absolute Gasteiger partial charge is 0.508 e. The summed E-state index contributed by atoms with van der Waals surface area (Å²) in [6, 6.07) is 7.66. The summed E-state index contributed by atoms with van der Waals surface area (Å²) in [7, 11) is 0. The molecular formula is C17H24N2OS. The molecule has 1 aromatic carbocycles. The molecule has 2 N–H and O–H groups in total. The summed E-state index contributed by atoms with van der Waals surface area (Å²) in [6.45, 7) is 11.4. The second-order valence-corrected chi connectivity index (χ2v) is 7.48. The fourth-order valence-corrected chi connectivity index (χ4v) is 3.30. The quantitative estimate of drug-likeness (QED) is 0.885. The van der Waals surface area contributed by atoms with Crippen LogP contribution in [-0.2, 0) is 12.0 Å². The zero-order chi connectivity index (χ0) is 15.6. The van der Waals surface area contributed by atoms with Gasteiger partial charge in [0.1, 0.15) is 5.75 Å². The van der Waals surface area contributed by atoms with Gasteiger partial charge in [0.2, 0.25) is 0 Å². The SMILES string of the molecule is Cc1nc(C(C)(C)C)sc1C(C)NCc1ccccc1O. The maximum Gasteiger partial charge on any atom is 0.120 e. The van der Waals surface area contributed by atoms with Crippen LogP contribution in [0.3, 0.4) is 0 Å². The van der Waals surface area contributed by atoms with Crippen molar-refractivity contribution >= 4 is 11.3 Å². The Morgan fingerprint density at radius 2 is 1.95 bits per heavy atom. The van der Waals surface area contributed by atoms with E-state index >= 15 is 0 Å². The minimum Gasteiger partial charge on any atom is -0.508 e. The van der Waals surface area contributed by atoms with Crippen LogP contribution in [0.1, 0.15) is 54.9 Å². The molecule has 1 heterocycles. The standard InChI is InChI=1S/C17H24N2OS/c1-11(18-10-13-8-6-7-9-14(13)20)15-12(2)19-16(21-15)17(3,4)5/h6-9,11,18,20H,10H2,1-5H3. The number of hydrogen-bond donors (Lipinski definition) is 2. The Labute approximate surface area is 131 Å². The lowest BCUT2D eigenvalue weighted by Crippen LogP contribution is -2.17. The second kappa shape index (κ2) is 6.16. The molecule has 0 spiro atoms. The van der Waals surface area contributed by atoms with Crippen molar-refractivity contribution < 1.29 is 5.11 Å². The Bertz CT molecular complexity index is 613. The van der Waals surface area contributed by atoms with Crippen molar-refractivity contribution in [3.63, 3.8) is 0 Å². The minimum atomic E-state index is 0.0884. The van der Waals surface area contributed by atoms with Gasteiger partial charge in [-0.25, -0.2) is 4.98 Å². The summed E-state index contributed by atoms with van der Waals surface area (Å²) in [6.07, 6.45) is 0. The van der Waals surface area contributed by atoms with E-state index in [9.17, 15) is 5.11 Å². The number of phenolic OH excluding ortho intramolecular Hbond substituents is 1. The van der Waals surface area contributed by atoms with Crippen molar-refractivity contribution in [3.8, 4) is 5.75 Å². The average Bonchev–Trinajstić information content (AvgIpc) is 2.80. The van der Waals surface area contributed by atoms with Gasteiger partial charge >= 0.3 is 0 Å². The van der Waals surface area contributed by atoms with E-state index in [1.165, 1.54) is 9.88 Å². The van der Waals surface area contributed by atoms with Crippen LogP contribution in [0.5, 0.6) is 5.75 Å². The predicted octanol–water partition coefficient (Wildman–Crippen LogP) is 4.31. The molecule has 0 aliphatic heterocycles. The topological polar surface area (TPSA) is 45.2 Å². The summed E-state index contributed by atoms with van der Waals surface area (Å²) < 4.78 is 0. The molecule has 0 amide bonds. The first-order valence-electron chi connectivity index (χ1n) is 7.27. The molecule has 0 aliphatic rings. The number of phenols is 1. The van der Waals surface area contributed by atoms with Gasteiger partial charge < -0.3 is 10.4 Å². The lowest BCUT2D eigenvalue weighted by atomic mass is 9.98. The average molecular weight is 304 g/mol. The highest BCUT2D eigenvalue weighted by Crippen LogP contribution is 2.32. The van der Waals surface area contributed by atoms with E-state index in [1.54, 1.807) is 17.4 Å². The molecule has 3 nitrogen and oxygen atoms in total. The second-order valence-electron chi connectivity index (χ2n) is 6.45. The lowest BCUT2D eigenvalue weighted by Gasteiger charge is -2.15. The summed E-state index contributed by atoms with van der Waals surface area (Å²) in [4.78, 5) is 5.98. The normalized spacial score (nSPS) is 13.4. The van der Waals surface area contributed by atoms with Crippen LogP contribution >= 0.6 is 11.3 Å². The summed E-state index contributed by atoms with van der Waals surface area (Å²) in [5.41, 5.74) is 2.11. The van der Waals surface area contributed by atoms with Gasteiger partial charge in [0.25, 0.3) is 0 Å². The minimum absolute atomic E-state index is 0.0884. The molecule has 2 aromatic rings. The van der Waals surface area contributed by atoms with Crippen LogP contribution in [0, 0.1) is 6.92 Å². The lowest BCUT2D eigenvalue weighted by molar-refractivity contribution is 0.460. The van der Waals surface area contributed by atoms with Crippen LogP contribution in [0.15, 0.2) is 24.3 Å². The van der Waals surface area contributed by atoms with Crippen LogP contribution in [-0.4, -0.2) is 10.1 Å². The van der Waals surface area contributed by atoms with Gasteiger partial charge in [0, 0.05) is 28.4 Å². The Kier molecular flexibility index (Phi) is 4.69. The first-order chi connectivity index (χ1) is 9.79. The Hall–Kier alpha value is -1.39. The number of para-hydroxylation sites is 1. The molecule has 0 fully saturated rings. The first-order valence-corrected chi connectivity index (χ1v) is 8.08. The molecule has 0 aliphatic carbocycles. The molecule has 1 aromatic heterocycles. The molecule has 1 atom stereocenters. The van der Waals surface area contributed by atoms with Gasteiger partial charge in [0.05, 0.1) is 10.7 Å². The van der Waals surface area contributed by atoms with Crippen LogP contribution in [0.4, 0.5) is 0 Å². The third kappa shape index (κ3) is 3.83.